The summed E-state index contributed by atoms with van der Waals surface area (Å²) in [6.07, 6.45) is 4.78. The van der Waals surface area contributed by atoms with Gasteiger partial charge in [0, 0.05) is 24.0 Å². The number of halogens is 2. The Bertz CT molecular complexity index is 1220. The van der Waals surface area contributed by atoms with E-state index in [2.05, 4.69) is 15.4 Å². The monoisotopic (exact) mass is 486 g/mol. The van der Waals surface area contributed by atoms with Gasteiger partial charge < -0.3 is 15.2 Å². The Balaban J connectivity index is 1.23. The number of fused-ring (bicyclic) bond motifs is 1. The van der Waals surface area contributed by atoms with Gasteiger partial charge >= 0.3 is 0 Å². The Morgan fingerprint density at radius 1 is 1.21 bits per heavy atom. The number of piperidine rings is 1. The lowest BCUT2D eigenvalue weighted by Gasteiger charge is -2.39. The first-order valence-corrected chi connectivity index (χ1v) is 12.3. The standard InChI is InChI=1S/C24H28ClFN6O2/c1-13-6-14-8-27-24(30-20-9-28-32(23(20)25)15-2-3-15)29-19(14)7-17(13)16-4-5-31(10-18(16)26)21-11-34-12-22(21)33/h6-9,15-16,18,21-22,33H,2-5,10-12H2,1H3,(H,27,29,30)/t16-,18+,21+,22-/m0/s1. The molecule has 2 N–H and O–H groups in total. The number of rotatable bonds is 5. The van der Waals surface area contributed by atoms with Gasteiger partial charge in [-0.25, -0.2) is 19.0 Å². The lowest BCUT2D eigenvalue weighted by Crippen LogP contribution is -2.50. The summed E-state index contributed by atoms with van der Waals surface area (Å²) in [5, 5.41) is 19.1. The van der Waals surface area contributed by atoms with E-state index in [1.807, 2.05) is 28.6 Å². The third-order valence-corrected chi connectivity index (χ3v) is 7.68. The number of ether oxygens (including phenoxy) is 1. The highest BCUT2D eigenvalue weighted by molar-refractivity contribution is 6.32. The molecule has 0 bridgehead atoms. The molecule has 2 aliphatic heterocycles. The van der Waals surface area contributed by atoms with Crippen molar-refractivity contribution in [2.45, 2.75) is 56.5 Å². The van der Waals surface area contributed by atoms with E-state index in [4.69, 9.17) is 21.3 Å². The molecule has 0 unspecified atom stereocenters. The second-order valence-corrected chi connectivity index (χ2v) is 10.0. The van der Waals surface area contributed by atoms with E-state index in [1.165, 1.54) is 0 Å². The molecule has 2 aromatic heterocycles. The van der Waals surface area contributed by atoms with Crippen LogP contribution < -0.4 is 5.32 Å². The summed E-state index contributed by atoms with van der Waals surface area (Å²) in [6, 6.07) is 4.29. The van der Waals surface area contributed by atoms with Crippen molar-refractivity contribution in [2.75, 3.05) is 31.6 Å². The molecule has 0 spiro atoms. The Morgan fingerprint density at radius 3 is 2.79 bits per heavy atom. The number of nitrogens with zero attached hydrogens (tertiary/aromatic N) is 5. The molecule has 34 heavy (non-hydrogen) atoms. The minimum Gasteiger partial charge on any atom is -0.389 e. The van der Waals surface area contributed by atoms with Gasteiger partial charge in [0.2, 0.25) is 5.95 Å². The van der Waals surface area contributed by atoms with E-state index in [0.717, 1.165) is 41.4 Å². The molecular weight excluding hydrogens is 459 g/mol. The average molecular weight is 487 g/mol. The van der Waals surface area contributed by atoms with Crippen LogP contribution in [-0.4, -0.2) is 74.4 Å². The molecule has 1 aromatic carbocycles. The van der Waals surface area contributed by atoms with Crippen molar-refractivity contribution in [3.8, 4) is 0 Å². The molecule has 2 saturated heterocycles. The number of hydrogen-bond donors (Lipinski definition) is 2. The minimum absolute atomic E-state index is 0.116. The van der Waals surface area contributed by atoms with Crippen molar-refractivity contribution in [1.29, 1.82) is 0 Å². The van der Waals surface area contributed by atoms with Crippen LogP contribution in [0.25, 0.3) is 10.9 Å². The van der Waals surface area contributed by atoms with Crippen molar-refractivity contribution in [3.63, 3.8) is 0 Å². The van der Waals surface area contributed by atoms with Gasteiger partial charge in [0.25, 0.3) is 0 Å². The van der Waals surface area contributed by atoms with E-state index >= 15 is 4.39 Å². The highest BCUT2D eigenvalue weighted by Crippen LogP contribution is 2.39. The molecule has 1 saturated carbocycles. The largest absolute Gasteiger partial charge is 0.389 e. The van der Waals surface area contributed by atoms with E-state index in [9.17, 15) is 5.11 Å². The van der Waals surface area contributed by atoms with E-state index < -0.39 is 12.3 Å². The van der Waals surface area contributed by atoms with Crippen LogP contribution in [0.5, 0.6) is 0 Å². The zero-order valence-corrected chi connectivity index (χ0v) is 19.7. The number of benzene rings is 1. The SMILES string of the molecule is Cc1cc2cnc(Nc3cnn(C4CC4)c3Cl)nc2cc1[C@@H]1CCN([C@@H]2COC[C@@H]2O)C[C@H]1F. The Hall–Kier alpha value is -2.33. The lowest BCUT2D eigenvalue weighted by molar-refractivity contribution is 0.0352. The van der Waals surface area contributed by atoms with Crippen LogP contribution in [0.1, 0.15) is 42.3 Å². The molecule has 3 fully saturated rings. The number of anilines is 2. The summed E-state index contributed by atoms with van der Waals surface area (Å²) in [5.74, 6) is 0.221. The summed E-state index contributed by atoms with van der Waals surface area (Å²) in [5.41, 5.74) is 3.45. The topological polar surface area (TPSA) is 88.3 Å². The average Bonchev–Trinajstić information content (AvgIpc) is 3.47. The zero-order valence-electron chi connectivity index (χ0n) is 19.0. The summed E-state index contributed by atoms with van der Waals surface area (Å²) >= 11 is 6.47. The Morgan fingerprint density at radius 2 is 2.06 bits per heavy atom. The molecule has 1 aliphatic carbocycles. The summed E-state index contributed by atoms with van der Waals surface area (Å²) in [4.78, 5) is 11.2. The number of hydrogen-bond acceptors (Lipinski definition) is 7. The van der Waals surface area contributed by atoms with Gasteiger partial charge in [0.1, 0.15) is 6.17 Å². The van der Waals surface area contributed by atoms with Crippen LogP contribution in [0, 0.1) is 6.92 Å². The molecular formula is C24H28ClFN6O2. The van der Waals surface area contributed by atoms with Gasteiger partial charge in [0.05, 0.1) is 48.8 Å². The second-order valence-electron chi connectivity index (χ2n) is 9.69. The predicted octanol–water partition coefficient (Wildman–Crippen LogP) is 3.75. The van der Waals surface area contributed by atoms with Gasteiger partial charge in [-0.05, 0) is 56.0 Å². The minimum atomic E-state index is -1.02. The van der Waals surface area contributed by atoms with Crippen LogP contribution in [-0.2, 0) is 4.74 Å². The summed E-state index contributed by atoms with van der Waals surface area (Å²) in [7, 11) is 0. The van der Waals surface area contributed by atoms with Gasteiger partial charge in [0.15, 0.2) is 5.15 Å². The second kappa shape index (κ2) is 8.71. The van der Waals surface area contributed by atoms with Crippen LogP contribution in [0.4, 0.5) is 16.0 Å². The first-order chi connectivity index (χ1) is 16.5. The van der Waals surface area contributed by atoms with Crippen LogP contribution >= 0.6 is 11.6 Å². The maximum absolute atomic E-state index is 15.4. The lowest BCUT2D eigenvalue weighted by atomic mass is 9.84. The molecule has 0 radical (unpaired) electrons. The first kappa shape index (κ1) is 22.2. The van der Waals surface area contributed by atoms with Crippen molar-refractivity contribution >= 4 is 34.1 Å². The van der Waals surface area contributed by atoms with E-state index in [1.54, 1.807) is 12.4 Å². The smallest absolute Gasteiger partial charge is 0.227 e. The van der Waals surface area contributed by atoms with Gasteiger partial charge in [-0.15, -0.1) is 0 Å². The molecule has 4 heterocycles. The molecule has 10 heteroatoms. The summed E-state index contributed by atoms with van der Waals surface area (Å²) in [6.45, 7) is 3.83. The fourth-order valence-electron chi connectivity index (χ4n) is 5.25. The highest BCUT2D eigenvalue weighted by Gasteiger charge is 2.38. The van der Waals surface area contributed by atoms with Gasteiger partial charge in [-0.1, -0.05) is 11.6 Å². The van der Waals surface area contributed by atoms with Crippen molar-refractivity contribution in [1.82, 2.24) is 24.6 Å². The Kier molecular flexibility index (Phi) is 5.68. The maximum atomic E-state index is 15.4. The molecule has 8 nitrogen and oxygen atoms in total. The number of likely N-dealkylation sites (tertiary alicyclic amines) is 1. The highest BCUT2D eigenvalue weighted by atomic mass is 35.5. The number of aryl methyl sites for hydroxylation is 1. The van der Waals surface area contributed by atoms with Gasteiger partial charge in [-0.3, -0.25) is 4.90 Å². The van der Waals surface area contributed by atoms with E-state index in [0.29, 0.717) is 49.0 Å². The molecule has 4 atom stereocenters. The third-order valence-electron chi connectivity index (χ3n) is 7.30. The fraction of sp³-hybridized carbons (Fsp3) is 0.542. The number of aliphatic hydroxyl groups is 1. The first-order valence-electron chi connectivity index (χ1n) is 11.9. The molecule has 6 rings (SSSR count). The number of nitrogens with one attached hydrogen (secondary N) is 1. The number of aliphatic hydroxyl groups excluding tert-OH is 1. The quantitative estimate of drug-likeness (QED) is 0.567. The van der Waals surface area contributed by atoms with Crippen molar-refractivity contribution < 1.29 is 14.2 Å². The van der Waals surface area contributed by atoms with Crippen LogP contribution in [0.15, 0.2) is 24.5 Å². The maximum Gasteiger partial charge on any atom is 0.227 e. The zero-order chi connectivity index (χ0) is 23.4. The number of aromatic nitrogens is 4. The van der Waals surface area contributed by atoms with Crippen molar-refractivity contribution in [3.05, 3.63) is 40.8 Å². The van der Waals surface area contributed by atoms with Crippen LogP contribution in [0.2, 0.25) is 5.15 Å². The third kappa shape index (κ3) is 4.04. The molecule has 0 amide bonds. The normalized spacial score (nSPS) is 28.0. The van der Waals surface area contributed by atoms with Crippen molar-refractivity contribution in [2.24, 2.45) is 0 Å². The predicted molar refractivity (Wildman–Crippen MR) is 128 cm³/mol. The fourth-order valence-corrected chi connectivity index (χ4v) is 5.53. The van der Waals surface area contributed by atoms with Crippen LogP contribution in [0.3, 0.4) is 0 Å². The molecule has 180 valence electrons. The van der Waals surface area contributed by atoms with Gasteiger partial charge in [-0.2, -0.15) is 5.10 Å². The van der Waals surface area contributed by atoms with E-state index in [-0.39, 0.29) is 12.0 Å². The molecule has 3 aromatic rings. The Labute approximate surface area is 202 Å². The number of alkyl halides is 1. The summed E-state index contributed by atoms with van der Waals surface area (Å²) < 4.78 is 22.6. The molecule has 3 aliphatic rings.